The lowest BCUT2D eigenvalue weighted by Crippen LogP contribution is -2.31. The van der Waals surface area contributed by atoms with Crippen LogP contribution in [0.5, 0.6) is 5.75 Å². The van der Waals surface area contributed by atoms with Gasteiger partial charge in [-0.05, 0) is 37.4 Å². The van der Waals surface area contributed by atoms with E-state index in [2.05, 4.69) is 10.2 Å². The van der Waals surface area contributed by atoms with Gasteiger partial charge >= 0.3 is 0 Å². The van der Waals surface area contributed by atoms with Crippen LogP contribution in [0.15, 0.2) is 24.3 Å². The van der Waals surface area contributed by atoms with E-state index in [1.54, 1.807) is 7.11 Å². The Morgan fingerprint density at radius 3 is 3.05 bits per heavy atom. The standard InChI is InChI=1S/C15H22N2O3/c1-20-14-5-3-2-4-13(14)16-15(19)11-17-8-6-12(10-17)7-9-18/h2-5,12,18H,6-11H2,1H3,(H,16,19). The third kappa shape index (κ3) is 3.95. The first-order valence-corrected chi connectivity index (χ1v) is 6.99. The highest BCUT2D eigenvalue weighted by Gasteiger charge is 2.23. The molecule has 1 aromatic rings. The molecular formula is C15H22N2O3. The number of amides is 1. The Kier molecular flexibility index (Phi) is 5.38. The molecule has 5 heteroatoms. The summed E-state index contributed by atoms with van der Waals surface area (Å²) in [5.74, 6) is 1.15. The lowest BCUT2D eigenvalue weighted by atomic mass is 10.1. The van der Waals surface area contributed by atoms with Gasteiger partial charge in [0.25, 0.3) is 0 Å². The van der Waals surface area contributed by atoms with E-state index in [9.17, 15) is 4.79 Å². The fraction of sp³-hybridized carbons (Fsp3) is 0.533. The van der Waals surface area contributed by atoms with Gasteiger partial charge in [0.1, 0.15) is 5.75 Å². The maximum absolute atomic E-state index is 12.0. The van der Waals surface area contributed by atoms with E-state index in [1.165, 1.54) is 0 Å². The van der Waals surface area contributed by atoms with Crippen molar-refractivity contribution in [2.45, 2.75) is 12.8 Å². The molecule has 1 aliphatic rings. The van der Waals surface area contributed by atoms with E-state index in [1.807, 2.05) is 24.3 Å². The van der Waals surface area contributed by atoms with Gasteiger partial charge in [-0.2, -0.15) is 0 Å². The third-order valence-corrected chi connectivity index (χ3v) is 3.66. The van der Waals surface area contributed by atoms with E-state index >= 15 is 0 Å². The summed E-state index contributed by atoms with van der Waals surface area (Å²) in [7, 11) is 1.59. The molecule has 0 aliphatic carbocycles. The van der Waals surface area contributed by atoms with Gasteiger partial charge in [0.15, 0.2) is 0 Å². The zero-order chi connectivity index (χ0) is 14.4. The van der Waals surface area contributed by atoms with Crippen LogP contribution in [0.2, 0.25) is 0 Å². The number of carbonyl (C=O) groups is 1. The van der Waals surface area contributed by atoms with Crippen molar-refractivity contribution in [2.75, 3.05) is 38.7 Å². The van der Waals surface area contributed by atoms with E-state index in [0.717, 1.165) is 25.9 Å². The predicted octanol–water partition coefficient (Wildman–Crippen LogP) is 1.34. The summed E-state index contributed by atoms with van der Waals surface area (Å²) >= 11 is 0. The third-order valence-electron chi connectivity index (χ3n) is 3.66. The fourth-order valence-corrected chi connectivity index (χ4v) is 2.62. The van der Waals surface area contributed by atoms with Crippen LogP contribution >= 0.6 is 0 Å². The molecule has 5 nitrogen and oxygen atoms in total. The number of likely N-dealkylation sites (tertiary alicyclic amines) is 1. The molecule has 1 fully saturated rings. The van der Waals surface area contributed by atoms with Crippen molar-refractivity contribution in [3.8, 4) is 5.75 Å². The Bertz CT molecular complexity index is 450. The molecule has 0 saturated carbocycles. The van der Waals surface area contributed by atoms with Crippen molar-refractivity contribution >= 4 is 11.6 Å². The summed E-state index contributed by atoms with van der Waals surface area (Å²) in [5, 5.41) is 11.8. The number of benzene rings is 1. The van der Waals surface area contributed by atoms with Crippen molar-refractivity contribution in [1.29, 1.82) is 0 Å². The van der Waals surface area contributed by atoms with Crippen LogP contribution in [0.4, 0.5) is 5.69 Å². The Labute approximate surface area is 119 Å². The summed E-state index contributed by atoms with van der Waals surface area (Å²) in [6, 6.07) is 7.39. The van der Waals surface area contributed by atoms with E-state index in [4.69, 9.17) is 9.84 Å². The number of rotatable bonds is 6. The number of anilines is 1. The van der Waals surface area contributed by atoms with Gasteiger partial charge in [-0.25, -0.2) is 0 Å². The number of methoxy groups -OCH3 is 1. The van der Waals surface area contributed by atoms with E-state index < -0.39 is 0 Å². The van der Waals surface area contributed by atoms with Crippen LogP contribution in [0.3, 0.4) is 0 Å². The minimum atomic E-state index is -0.0286. The number of aliphatic hydroxyl groups excluding tert-OH is 1. The largest absolute Gasteiger partial charge is 0.495 e. The number of aliphatic hydroxyl groups is 1. The molecule has 1 unspecified atom stereocenters. The van der Waals surface area contributed by atoms with Crippen molar-refractivity contribution in [3.05, 3.63) is 24.3 Å². The van der Waals surface area contributed by atoms with Crippen molar-refractivity contribution < 1.29 is 14.6 Å². The minimum absolute atomic E-state index is 0.0286. The zero-order valence-electron chi connectivity index (χ0n) is 11.8. The maximum atomic E-state index is 12.0. The molecule has 0 spiro atoms. The summed E-state index contributed by atoms with van der Waals surface area (Å²) in [4.78, 5) is 14.2. The van der Waals surface area contributed by atoms with Gasteiger partial charge in [-0.3, -0.25) is 9.69 Å². The SMILES string of the molecule is COc1ccccc1NC(=O)CN1CCC(CCO)C1. The quantitative estimate of drug-likeness (QED) is 0.824. The first-order valence-electron chi connectivity index (χ1n) is 6.99. The highest BCUT2D eigenvalue weighted by Crippen LogP contribution is 2.23. The number of hydrogen-bond acceptors (Lipinski definition) is 4. The number of para-hydroxylation sites is 2. The number of ether oxygens (including phenoxy) is 1. The molecule has 20 heavy (non-hydrogen) atoms. The molecule has 1 saturated heterocycles. The molecule has 0 aromatic heterocycles. The van der Waals surface area contributed by atoms with E-state index in [0.29, 0.717) is 23.9 Å². The van der Waals surface area contributed by atoms with Crippen molar-refractivity contribution in [1.82, 2.24) is 4.90 Å². The number of nitrogens with one attached hydrogen (secondary N) is 1. The van der Waals surface area contributed by atoms with Gasteiger partial charge in [0, 0.05) is 13.2 Å². The maximum Gasteiger partial charge on any atom is 0.238 e. The molecule has 2 rings (SSSR count). The molecule has 2 N–H and O–H groups in total. The van der Waals surface area contributed by atoms with Crippen LogP contribution in [0.1, 0.15) is 12.8 Å². The average molecular weight is 278 g/mol. The summed E-state index contributed by atoms with van der Waals surface area (Å²) in [6.07, 6.45) is 1.88. The minimum Gasteiger partial charge on any atom is -0.495 e. The number of hydrogen-bond donors (Lipinski definition) is 2. The molecular weight excluding hydrogens is 256 g/mol. The summed E-state index contributed by atoms with van der Waals surface area (Å²) in [5.41, 5.74) is 0.700. The Morgan fingerprint density at radius 1 is 1.50 bits per heavy atom. The van der Waals surface area contributed by atoms with E-state index in [-0.39, 0.29) is 12.5 Å². The molecule has 1 heterocycles. The highest BCUT2D eigenvalue weighted by molar-refractivity contribution is 5.93. The number of nitrogens with zero attached hydrogens (tertiary/aromatic N) is 1. The van der Waals surface area contributed by atoms with Gasteiger partial charge in [0.05, 0.1) is 19.3 Å². The van der Waals surface area contributed by atoms with Gasteiger partial charge in [-0.15, -0.1) is 0 Å². The van der Waals surface area contributed by atoms with Crippen LogP contribution in [0, 0.1) is 5.92 Å². The molecule has 0 bridgehead atoms. The monoisotopic (exact) mass is 278 g/mol. The predicted molar refractivity (Wildman–Crippen MR) is 77.9 cm³/mol. The Balaban J connectivity index is 1.84. The fourth-order valence-electron chi connectivity index (χ4n) is 2.62. The second kappa shape index (κ2) is 7.26. The first kappa shape index (κ1) is 14.8. The molecule has 1 aromatic carbocycles. The van der Waals surface area contributed by atoms with Crippen LogP contribution < -0.4 is 10.1 Å². The Morgan fingerprint density at radius 2 is 2.30 bits per heavy atom. The summed E-state index contributed by atoms with van der Waals surface area (Å²) in [6.45, 7) is 2.43. The smallest absolute Gasteiger partial charge is 0.238 e. The summed E-state index contributed by atoms with van der Waals surface area (Å²) < 4.78 is 5.21. The molecule has 1 aliphatic heterocycles. The first-order chi connectivity index (χ1) is 9.72. The van der Waals surface area contributed by atoms with Crippen molar-refractivity contribution in [3.63, 3.8) is 0 Å². The van der Waals surface area contributed by atoms with Crippen molar-refractivity contribution in [2.24, 2.45) is 5.92 Å². The van der Waals surface area contributed by atoms with Gasteiger partial charge in [-0.1, -0.05) is 12.1 Å². The molecule has 1 atom stereocenters. The molecule has 0 radical (unpaired) electrons. The second-order valence-corrected chi connectivity index (χ2v) is 5.15. The average Bonchev–Trinajstić information content (AvgIpc) is 2.87. The van der Waals surface area contributed by atoms with Gasteiger partial charge < -0.3 is 15.2 Å². The van der Waals surface area contributed by atoms with Crippen LogP contribution in [-0.4, -0.2) is 49.3 Å². The zero-order valence-corrected chi connectivity index (χ0v) is 11.8. The number of carbonyl (C=O) groups excluding carboxylic acids is 1. The van der Waals surface area contributed by atoms with Gasteiger partial charge in [0.2, 0.25) is 5.91 Å². The lowest BCUT2D eigenvalue weighted by Gasteiger charge is -2.16. The van der Waals surface area contributed by atoms with Crippen LogP contribution in [0.25, 0.3) is 0 Å². The Hall–Kier alpha value is -1.59. The molecule has 1 amide bonds. The second-order valence-electron chi connectivity index (χ2n) is 5.15. The highest BCUT2D eigenvalue weighted by atomic mass is 16.5. The normalized spacial score (nSPS) is 19.0. The molecule has 110 valence electrons. The van der Waals surface area contributed by atoms with Crippen LogP contribution in [-0.2, 0) is 4.79 Å². The topological polar surface area (TPSA) is 61.8 Å². The lowest BCUT2D eigenvalue weighted by molar-refractivity contribution is -0.117.